The van der Waals surface area contributed by atoms with Gasteiger partial charge in [0.25, 0.3) is 0 Å². The van der Waals surface area contributed by atoms with Gasteiger partial charge in [0.15, 0.2) is 5.82 Å². The molecule has 3 aromatic heterocycles. The van der Waals surface area contributed by atoms with Gasteiger partial charge in [-0.1, -0.05) is 18.2 Å². The van der Waals surface area contributed by atoms with Gasteiger partial charge in [0.1, 0.15) is 17.3 Å². The Morgan fingerprint density at radius 1 is 0.756 bits per heavy atom. The number of hydrogen-bond donors (Lipinski definition) is 0. The zero-order valence-corrected chi connectivity index (χ0v) is 24.1. The van der Waals surface area contributed by atoms with Crippen LogP contribution in [0.3, 0.4) is 0 Å². The number of fused-ring (bicyclic) bond motifs is 4. The average Bonchev–Trinajstić information content (AvgIpc) is 3.48. The van der Waals surface area contributed by atoms with Gasteiger partial charge >= 0.3 is 0 Å². The van der Waals surface area contributed by atoms with Crippen molar-refractivity contribution in [3.05, 3.63) is 108 Å². The van der Waals surface area contributed by atoms with Crippen molar-refractivity contribution >= 4 is 39.0 Å². The van der Waals surface area contributed by atoms with Crippen LogP contribution in [0.1, 0.15) is 30.7 Å². The summed E-state index contributed by atoms with van der Waals surface area (Å²) >= 11 is 0. The van der Waals surface area contributed by atoms with Crippen molar-refractivity contribution in [2.75, 3.05) is 16.5 Å². The summed E-state index contributed by atoms with van der Waals surface area (Å²) in [7, 11) is 0. The van der Waals surface area contributed by atoms with E-state index >= 15 is 0 Å². The molecule has 6 nitrogen and oxygen atoms in total. The fourth-order valence-corrected chi connectivity index (χ4v) is 5.88. The Labute approximate surface area is 240 Å². The highest BCUT2D eigenvalue weighted by molar-refractivity contribution is 6.09. The van der Waals surface area contributed by atoms with E-state index in [0.717, 1.165) is 63.5 Å². The summed E-state index contributed by atoms with van der Waals surface area (Å²) in [6.07, 6.45) is 1.87. The van der Waals surface area contributed by atoms with Gasteiger partial charge in [-0.25, -0.2) is 9.97 Å². The van der Waals surface area contributed by atoms with E-state index in [1.165, 1.54) is 16.3 Å². The number of aromatic nitrogens is 3. The molecule has 7 rings (SSSR count). The van der Waals surface area contributed by atoms with Crippen LogP contribution in [-0.2, 0) is 0 Å². The van der Waals surface area contributed by atoms with Crippen LogP contribution in [0, 0.1) is 20.8 Å². The number of aryl methyl sites for hydroxylation is 3. The second kappa shape index (κ2) is 9.66. The lowest BCUT2D eigenvalue weighted by Gasteiger charge is -2.25. The summed E-state index contributed by atoms with van der Waals surface area (Å²) in [4.78, 5) is 14.3. The summed E-state index contributed by atoms with van der Waals surface area (Å²) in [6, 6.07) is 30.0. The maximum absolute atomic E-state index is 6.57. The van der Waals surface area contributed by atoms with E-state index in [1.807, 2.05) is 19.2 Å². The second-order valence-corrected chi connectivity index (χ2v) is 11.3. The Balaban J connectivity index is 1.30. The van der Waals surface area contributed by atoms with Gasteiger partial charge in [0.2, 0.25) is 0 Å². The smallest absolute Gasteiger partial charge is 0.158 e. The molecule has 0 radical (unpaired) electrons. The first-order valence-electron chi connectivity index (χ1n) is 14.1. The number of hydrogen-bond acceptors (Lipinski definition) is 5. The van der Waals surface area contributed by atoms with Crippen molar-refractivity contribution in [1.82, 2.24) is 14.5 Å². The third-order valence-electron chi connectivity index (χ3n) is 7.83. The number of nitrogens with zero attached hydrogens (tertiary/aromatic N) is 5. The Morgan fingerprint density at radius 2 is 1.59 bits per heavy atom. The first-order valence-corrected chi connectivity index (χ1v) is 14.1. The molecule has 0 fully saturated rings. The Kier molecular flexibility index (Phi) is 5.93. The van der Waals surface area contributed by atoms with Crippen LogP contribution in [0.5, 0.6) is 11.5 Å². The van der Waals surface area contributed by atoms with E-state index in [-0.39, 0.29) is 0 Å². The molecule has 0 N–H and O–H groups in total. The molecule has 0 bridgehead atoms. The van der Waals surface area contributed by atoms with Gasteiger partial charge in [-0.05, 0) is 100 Å². The van der Waals surface area contributed by atoms with E-state index in [0.29, 0.717) is 6.04 Å². The van der Waals surface area contributed by atoms with Crippen LogP contribution in [0.15, 0.2) is 91.1 Å². The van der Waals surface area contributed by atoms with E-state index < -0.39 is 0 Å². The van der Waals surface area contributed by atoms with Crippen molar-refractivity contribution in [3.8, 4) is 17.3 Å². The van der Waals surface area contributed by atoms with Crippen molar-refractivity contribution in [3.63, 3.8) is 0 Å². The molecule has 0 saturated carbocycles. The topological polar surface area (TPSA) is 46.4 Å². The highest BCUT2D eigenvalue weighted by atomic mass is 16.5. The molecule has 0 aliphatic carbocycles. The molecule has 0 unspecified atom stereocenters. The Hall–Kier alpha value is -4.84. The van der Waals surface area contributed by atoms with Crippen LogP contribution >= 0.6 is 0 Å². The number of rotatable bonds is 5. The van der Waals surface area contributed by atoms with Crippen LogP contribution in [0.25, 0.3) is 27.6 Å². The quantitative estimate of drug-likeness (QED) is 0.219. The van der Waals surface area contributed by atoms with Crippen molar-refractivity contribution in [2.45, 2.75) is 40.7 Å². The van der Waals surface area contributed by atoms with Crippen molar-refractivity contribution < 1.29 is 4.74 Å². The summed E-state index contributed by atoms with van der Waals surface area (Å²) in [6.45, 7) is 11.4. The summed E-state index contributed by atoms with van der Waals surface area (Å²) in [5.74, 6) is 3.47. The van der Waals surface area contributed by atoms with Crippen LogP contribution in [-0.4, -0.2) is 27.2 Å². The highest BCUT2D eigenvalue weighted by Gasteiger charge is 2.30. The number of anilines is 3. The van der Waals surface area contributed by atoms with Crippen molar-refractivity contribution in [2.24, 2.45) is 0 Å². The molecule has 0 atom stereocenters. The minimum Gasteiger partial charge on any atom is -0.457 e. The van der Waals surface area contributed by atoms with E-state index in [2.05, 4.69) is 121 Å². The normalized spacial score (nSPS) is 13.0. The summed E-state index contributed by atoms with van der Waals surface area (Å²) in [5.41, 5.74) is 7.74. The Morgan fingerprint density at radius 3 is 2.41 bits per heavy atom. The largest absolute Gasteiger partial charge is 0.457 e. The zero-order valence-electron chi connectivity index (χ0n) is 24.1. The molecular formula is C35H33N5O. The molecule has 0 amide bonds. The number of benzene rings is 3. The molecular weight excluding hydrogens is 506 g/mol. The molecule has 4 heterocycles. The molecule has 6 aromatic rings. The van der Waals surface area contributed by atoms with E-state index in [1.54, 1.807) is 0 Å². The molecule has 0 spiro atoms. The molecule has 1 aliphatic heterocycles. The number of ether oxygens (including phenoxy) is 1. The third kappa shape index (κ3) is 4.36. The predicted octanol–water partition coefficient (Wildman–Crippen LogP) is 8.62. The molecule has 1 aliphatic rings. The number of para-hydroxylation sites is 1. The van der Waals surface area contributed by atoms with Crippen LogP contribution in [0.2, 0.25) is 0 Å². The lowest BCUT2D eigenvalue weighted by atomic mass is 10.1. The molecule has 6 heteroatoms. The van der Waals surface area contributed by atoms with Crippen molar-refractivity contribution in [1.29, 1.82) is 0 Å². The maximum Gasteiger partial charge on any atom is 0.158 e. The van der Waals surface area contributed by atoms with Gasteiger partial charge in [0.05, 0.1) is 23.4 Å². The maximum atomic E-state index is 6.57. The fourth-order valence-electron chi connectivity index (χ4n) is 5.88. The lowest BCUT2D eigenvalue weighted by Crippen LogP contribution is -2.33. The van der Waals surface area contributed by atoms with Gasteiger partial charge in [-0.2, -0.15) is 0 Å². The zero-order chi connectivity index (χ0) is 28.2. The van der Waals surface area contributed by atoms with Crippen LogP contribution < -0.4 is 14.5 Å². The predicted molar refractivity (Wildman–Crippen MR) is 168 cm³/mol. The van der Waals surface area contributed by atoms with Gasteiger partial charge in [0, 0.05) is 46.5 Å². The van der Waals surface area contributed by atoms with Gasteiger partial charge in [-0.15, -0.1) is 0 Å². The molecule has 0 saturated heterocycles. The molecule has 3 aromatic carbocycles. The van der Waals surface area contributed by atoms with E-state index in [9.17, 15) is 0 Å². The SMILES string of the molecule is Cc1cc(Oc2ccc3c4ccccc4n(-c4cc(C)ccn4)c3c2)cc(N2CN(C(C)C)c3ccc(C)nc32)c1. The average molecular weight is 540 g/mol. The first kappa shape index (κ1) is 25.1. The summed E-state index contributed by atoms with van der Waals surface area (Å²) < 4.78 is 8.79. The summed E-state index contributed by atoms with van der Waals surface area (Å²) in [5, 5.41) is 2.37. The van der Waals surface area contributed by atoms with Gasteiger partial charge in [-0.3, -0.25) is 4.57 Å². The fraction of sp³-hybridized carbons (Fsp3) is 0.200. The third-order valence-corrected chi connectivity index (χ3v) is 7.83. The minimum absolute atomic E-state index is 0.366. The number of pyridine rings is 2. The molecule has 41 heavy (non-hydrogen) atoms. The van der Waals surface area contributed by atoms with Gasteiger partial charge < -0.3 is 14.5 Å². The lowest BCUT2D eigenvalue weighted by molar-refractivity contribution is 0.483. The van der Waals surface area contributed by atoms with E-state index in [4.69, 9.17) is 14.7 Å². The monoisotopic (exact) mass is 539 g/mol. The second-order valence-electron chi connectivity index (χ2n) is 11.3. The van der Waals surface area contributed by atoms with Crippen LogP contribution in [0.4, 0.5) is 17.2 Å². The molecule has 204 valence electrons. The highest BCUT2D eigenvalue weighted by Crippen LogP contribution is 2.42. The Bertz CT molecular complexity index is 1940. The first-order chi connectivity index (χ1) is 19.9. The standard InChI is InChI=1S/C35H33N5O/c1-22(2)38-21-39(35-32(38)13-10-25(5)37-35)26-16-24(4)17-28(19-26)41-27-11-12-30-29-8-6-7-9-31(29)40(33(30)20-27)34-18-23(3)14-15-36-34/h6-20,22H,21H2,1-5H3. The minimum atomic E-state index is 0.366.